The summed E-state index contributed by atoms with van der Waals surface area (Å²) in [5, 5.41) is 7.22. The van der Waals surface area contributed by atoms with E-state index in [0.717, 1.165) is 32.2 Å². The molecule has 0 radical (unpaired) electrons. The lowest BCUT2D eigenvalue weighted by Gasteiger charge is -2.35. The van der Waals surface area contributed by atoms with Gasteiger partial charge in [0.05, 0.1) is 5.41 Å². The van der Waals surface area contributed by atoms with Gasteiger partial charge in [0.2, 0.25) is 5.89 Å². The van der Waals surface area contributed by atoms with E-state index in [4.69, 9.17) is 4.52 Å². The lowest BCUT2D eigenvalue weighted by molar-refractivity contribution is -0.177. The van der Waals surface area contributed by atoms with Crippen LogP contribution >= 0.6 is 0 Å². The van der Waals surface area contributed by atoms with Crippen LogP contribution in [0.15, 0.2) is 4.52 Å². The van der Waals surface area contributed by atoms with Crippen LogP contribution in [0.4, 0.5) is 13.2 Å². The molecule has 3 rings (SSSR count). The summed E-state index contributed by atoms with van der Waals surface area (Å²) in [5.41, 5.74) is -0.145. The third kappa shape index (κ3) is 3.06. The molecule has 0 aromatic carbocycles. The highest BCUT2D eigenvalue weighted by Gasteiger charge is 2.49. The van der Waals surface area contributed by atoms with Crippen molar-refractivity contribution in [1.29, 1.82) is 0 Å². The molecule has 0 amide bonds. The van der Waals surface area contributed by atoms with Crippen LogP contribution in [-0.2, 0) is 16.8 Å². The van der Waals surface area contributed by atoms with E-state index in [0.29, 0.717) is 11.9 Å². The standard InChI is InChI=1S/C13H18F3N3O2/c14-13(15,16)8-20-7-10-18-11(21-19-10)12-4-2-1-3-9(12)17-6-5-12/h9,17H,1-8H2/t9-,12+/m0/s1. The van der Waals surface area contributed by atoms with E-state index in [2.05, 4.69) is 20.2 Å². The summed E-state index contributed by atoms with van der Waals surface area (Å²) in [6.07, 6.45) is 0.936. The fraction of sp³-hybridized carbons (Fsp3) is 0.846. The molecule has 0 spiro atoms. The average molecular weight is 305 g/mol. The molecule has 0 unspecified atom stereocenters. The van der Waals surface area contributed by atoms with Crippen molar-refractivity contribution in [3.8, 4) is 0 Å². The van der Waals surface area contributed by atoms with Gasteiger partial charge in [-0.3, -0.25) is 0 Å². The number of hydrogen-bond donors (Lipinski definition) is 1. The predicted octanol–water partition coefficient (Wildman–Crippen LogP) is 2.32. The first-order valence-corrected chi connectivity index (χ1v) is 7.21. The van der Waals surface area contributed by atoms with Gasteiger partial charge in [0.1, 0.15) is 13.2 Å². The van der Waals surface area contributed by atoms with Gasteiger partial charge in [0.15, 0.2) is 5.82 Å². The van der Waals surface area contributed by atoms with E-state index in [9.17, 15) is 13.2 Å². The molecule has 1 saturated heterocycles. The van der Waals surface area contributed by atoms with E-state index < -0.39 is 12.8 Å². The number of halogens is 3. The minimum atomic E-state index is -4.34. The largest absolute Gasteiger partial charge is 0.411 e. The number of alkyl halides is 3. The van der Waals surface area contributed by atoms with Crippen molar-refractivity contribution in [3.05, 3.63) is 11.7 Å². The second-order valence-electron chi connectivity index (χ2n) is 5.78. The Morgan fingerprint density at radius 1 is 1.33 bits per heavy atom. The van der Waals surface area contributed by atoms with Gasteiger partial charge in [-0.25, -0.2) is 0 Å². The molecule has 8 heteroatoms. The Balaban J connectivity index is 1.67. The molecule has 2 heterocycles. The second kappa shape index (κ2) is 5.57. The molecule has 1 aromatic rings. The summed E-state index contributed by atoms with van der Waals surface area (Å²) in [6, 6.07) is 0.329. The minimum absolute atomic E-state index is 0.145. The van der Waals surface area contributed by atoms with Gasteiger partial charge in [-0.15, -0.1) is 0 Å². The summed E-state index contributed by atoms with van der Waals surface area (Å²) < 4.78 is 46.0. The number of rotatable bonds is 4. The first-order chi connectivity index (χ1) is 10.00. The van der Waals surface area contributed by atoms with Crippen LogP contribution in [0.5, 0.6) is 0 Å². The molecule has 5 nitrogen and oxygen atoms in total. The number of nitrogens with zero attached hydrogens (tertiary/aromatic N) is 2. The molecule has 1 saturated carbocycles. The van der Waals surface area contributed by atoms with E-state index in [1.54, 1.807) is 0 Å². The monoisotopic (exact) mass is 305 g/mol. The van der Waals surface area contributed by atoms with Crippen molar-refractivity contribution >= 4 is 0 Å². The van der Waals surface area contributed by atoms with E-state index in [1.165, 1.54) is 6.42 Å². The molecule has 2 atom stereocenters. The molecule has 1 aliphatic carbocycles. The molecular weight excluding hydrogens is 287 g/mol. The third-order valence-electron chi connectivity index (χ3n) is 4.39. The summed E-state index contributed by atoms with van der Waals surface area (Å²) in [5.74, 6) is 0.725. The third-order valence-corrected chi connectivity index (χ3v) is 4.39. The van der Waals surface area contributed by atoms with Crippen molar-refractivity contribution in [2.75, 3.05) is 13.2 Å². The molecule has 2 aliphatic rings. The van der Waals surface area contributed by atoms with Crippen molar-refractivity contribution in [2.45, 2.75) is 56.3 Å². The highest BCUT2D eigenvalue weighted by Crippen LogP contribution is 2.44. The van der Waals surface area contributed by atoms with Crippen molar-refractivity contribution in [3.63, 3.8) is 0 Å². The Kier molecular flexibility index (Phi) is 3.92. The zero-order valence-corrected chi connectivity index (χ0v) is 11.6. The SMILES string of the molecule is FC(F)(F)COCc1noc([C@@]23CCCC[C@@H]2NCC3)n1. The predicted molar refractivity (Wildman–Crippen MR) is 66.6 cm³/mol. The van der Waals surface area contributed by atoms with Crippen LogP contribution in [0.3, 0.4) is 0 Å². The maximum Gasteiger partial charge on any atom is 0.411 e. The van der Waals surface area contributed by atoms with Gasteiger partial charge in [-0.2, -0.15) is 18.2 Å². The van der Waals surface area contributed by atoms with Gasteiger partial charge >= 0.3 is 6.18 Å². The quantitative estimate of drug-likeness (QED) is 0.925. The second-order valence-corrected chi connectivity index (χ2v) is 5.78. The summed E-state index contributed by atoms with van der Waals surface area (Å²) in [6.45, 7) is -0.670. The number of ether oxygens (including phenoxy) is 1. The molecule has 118 valence electrons. The molecular formula is C13H18F3N3O2. The van der Waals surface area contributed by atoms with Crippen LogP contribution in [0, 0.1) is 0 Å². The lowest BCUT2D eigenvalue weighted by atomic mass is 9.70. The molecule has 2 fully saturated rings. The number of hydrogen-bond acceptors (Lipinski definition) is 5. The van der Waals surface area contributed by atoms with Crippen molar-refractivity contribution in [1.82, 2.24) is 15.5 Å². The first kappa shape index (κ1) is 14.8. The maximum atomic E-state index is 12.0. The molecule has 1 aromatic heterocycles. The highest BCUT2D eigenvalue weighted by atomic mass is 19.4. The Labute approximate surface area is 120 Å². The van der Waals surface area contributed by atoms with Gasteiger partial charge in [0.25, 0.3) is 0 Å². The molecule has 1 aliphatic heterocycles. The zero-order chi connectivity index (χ0) is 14.9. The summed E-state index contributed by atoms with van der Waals surface area (Å²) in [7, 11) is 0. The average Bonchev–Trinajstić information content (AvgIpc) is 3.03. The number of fused-ring (bicyclic) bond motifs is 1. The zero-order valence-electron chi connectivity index (χ0n) is 11.6. The normalized spacial score (nSPS) is 29.6. The van der Waals surface area contributed by atoms with Crippen LogP contribution < -0.4 is 5.32 Å². The van der Waals surface area contributed by atoms with E-state index >= 15 is 0 Å². The van der Waals surface area contributed by atoms with Gasteiger partial charge in [-0.05, 0) is 25.8 Å². The van der Waals surface area contributed by atoms with Crippen LogP contribution in [0.25, 0.3) is 0 Å². The summed E-state index contributed by atoms with van der Waals surface area (Å²) >= 11 is 0. The van der Waals surface area contributed by atoms with Gasteiger partial charge in [-0.1, -0.05) is 18.0 Å². The highest BCUT2D eigenvalue weighted by molar-refractivity contribution is 5.16. The van der Waals surface area contributed by atoms with E-state index in [-0.39, 0.29) is 17.8 Å². The van der Waals surface area contributed by atoms with Crippen molar-refractivity contribution < 1.29 is 22.4 Å². The topological polar surface area (TPSA) is 60.2 Å². The fourth-order valence-electron chi connectivity index (χ4n) is 3.44. The smallest absolute Gasteiger partial charge is 0.364 e. The van der Waals surface area contributed by atoms with Gasteiger partial charge < -0.3 is 14.6 Å². The maximum absolute atomic E-state index is 12.0. The molecule has 1 N–H and O–H groups in total. The lowest BCUT2D eigenvalue weighted by Crippen LogP contribution is -2.43. The van der Waals surface area contributed by atoms with Gasteiger partial charge in [0, 0.05) is 6.04 Å². The Morgan fingerprint density at radius 2 is 2.19 bits per heavy atom. The van der Waals surface area contributed by atoms with Crippen LogP contribution in [0.2, 0.25) is 0 Å². The number of aromatic nitrogens is 2. The number of nitrogens with one attached hydrogen (secondary N) is 1. The minimum Gasteiger partial charge on any atom is -0.364 e. The Hall–Kier alpha value is -1.15. The summed E-state index contributed by atoms with van der Waals surface area (Å²) in [4.78, 5) is 4.28. The van der Waals surface area contributed by atoms with Crippen LogP contribution in [0.1, 0.15) is 43.8 Å². The van der Waals surface area contributed by atoms with Crippen LogP contribution in [-0.4, -0.2) is 35.5 Å². The Bertz CT molecular complexity index is 491. The Morgan fingerprint density at radius 3 is 3.00 bits per heavy atom. The fourth-order valence-corrected chi connectivity index (χ4v) is 3.44. The first-order valence-electron chi connectivity index (χ1n) is 7.21. The molecule has 0 bridgehead atoms. The van der Waals surface area contributed by atoms with Crippen molar-refractivity contribution in [2.24, 2.45) is 0 Å². The van der Waals surface area contributed by atoms with E-state index in [1.807, 2.05) is 0 Å². The molecule has 21 heavy (non-hydrogen) atoms.